The van der Waals surface area contributed by atoms with E-state index in [1.54, 1.807) is 34.6 Å². The molecule has 1 aliphatic heterocycles. The Morgan fingerprint density at radius 3 is 2.55 bits per heavy atom. The van der Waals surface area contributed by atoms with Crippen LogP contribution >= 0.6 is 11.3 Å². The fourth-order valence-corrected chi connectivity index (χ4v) is 6.65. The van der Waals surface area contributed by atoms with E-state index in [0.29, 0.717) is 29.3 Å². The number of thiophene rings is 1. The maximum absolute atomic E-state index is 13.0. The second kappa shape index (κ2) is 13.2. The van der Waals surface area contributed by atoms with Gasteiger partial charge in [-0.15, -0.1) is 11.3 Å². The number of ether oxygens (including phenoxy) is 1. The standard InChI is InChI=1S/C24H34N2O5S2/c1-2-3-4-8-18-30-21-13-16-26(17-14-21)33(28,29)23-12-11-22(32-23)15-19-31-25-24(27)20-9-6-5-7-10-20/h5-7,9-12,21H,2-4,8,13-19H2,1H3,(H,25,27). The molecular formula is C24H34N2O5S2. The molecule has 0 atom stereocenters. The molecular weight excluding hydrogens is 460 g/mol. The van der Waals surface area contributed by atoms with Crippen LogP contribution in [0.25, 0.3) is 0 Å². The van der Waals surface area contributed by atoms with Crippen LogP contribution in [0.4, 0.5) is 0 Å². The molecule has 1 aliphatic rings. The zero-order valence-electron chi connectivity index (χ0n) is 19.2. The maximum atomic E-state index is 13.0. The summed E-state index contributed by atoms with van der Waals surface area (Å²) in [6.45, 7) is 4.20. The molecule has 2 heterocycles. The third kappa shape index (κ3) is 7.89. The van der Waals surface area contributed by atoms with E-state index < -0.39 is 10.0 Å². The van der Waals surface area contributed by atoms with E-state index in [1.165, 1.54) is 30.6 Å². The summed E-state index contributed by atoms with van der Waals surface area (Å²) in [6, 6.07) is 12.3. The Kier molecular flexibility index (Phi) is 10.3. The first-order valence-corrected chi connectivity index (χ1v) is 13.9. The highest BCUT2D eigenvalue weighted by Crippen LogP contribution is 2.28. The van der Waals surface area contributed by atoms with Gasteiger partial charge >= 0.3 is 0 Å². The number of nitrogens with zero attached hydrogens (tertiary/aromatic N) is 1. The van der Waals surface area contributed by atoms with Crippen LogP contribution in [0.15, 0.2) is 46.7 Å². The summed E-state index contributed by atoms with van der Waals surface area (Å²) in [4.78, 5) is 18.1. The van der Waals surface area contributed by atoms with Crippen LogP contribution in [0, 0.1) is 0 Å². The number of carbonyl (C=O) groups is 1. The molecule has 2 aromatic rings. The summed E-state index contributed by atoms with van der Waals surface area (Å²) < 4.78 is 33.9. The molecule has 1 N–H and O–H groups in total. The van der Waals surface area contributed by atoms with Gasteiger partial charge in [0.05, 0.1) is 12.7 Å². The Bertz CT molecular complexity index is 954. The Hall–Kier alpha value is -1.78. The summed E-state index contributed by atoms with van der Waals surface area (Å²) in [5, 5.41) is 0. The molecule has 1 amide bonds. The lowest BCUT2D eigenvalue weighted by Gasteiger charge is -2.30. The minimum atomic E-state index is -3.49. The van der Waals surface area contributed by atoms with Crippen molar-refractivity contribution in [3.63, 3.8) is 0 Å². The Morgan fingerprint density at radius 2 is 1.82 bits per heavy atom. The van der Waals surface area contributed by atoms with Gasteiger partial charge in [-0.25, -0.2) is 13.9 Å². The van der Waals surface area contributed by atoms with Gasteiger partial charge in [0.2, 0.25) is 0 Å². The average Bonchev–Trinajstić information content (AvgIpc) is 3.32. The monoisotopic (exact) mass is 494 g/mol. The van der Waals surface area contributed by atoms with Crippen molar-refractivity contribution in [3.05, 3.63) is 52.9 Å². The van der Waals surface area contributed by atoms with Gasteiger partial charge in [0, 0.05) is 36.6 Å². The molecule has 1 aromatic heterocycles. The molecule has 3 rings (SSSR count). The number of amides is 1. The van der Waals surface area contributed by atoms with Gasteiger partial charge in [-0.1, -0.05) is 44.4 Å². The van der Waals surface area contributed by atoms with Gasteiger partial charge in [0.25, 0.3) is 15.9 Å². The number of sulfonamides is 1. The molecule has 0 saturated carbocycles. The van der Waals surface area contributed by atoms with E-state index in [1.807, 2.05) is 12.1 Å². The normalized spacial score (nSPS) is 15.5. The van der Waals surface area contributed by atoms with E-state index in [4.69, 9.17) is 9.57 Å². The summed E-state index contributed by atoms with van der Waals surface area (Å²) in [7, 11) is -3.49. The minimum absolute atomic E-state index is 0.153. The molecule has 0 bridgehead atoms. The average molecular weight is 495 g/mol. The van der Waals surface area contributed by atoms with Crippen molar-refractivity contribution in [2.24, 2.45) is 0 Å². The molecule has 0 aliphatic carbocycles. The number of hydroxylamine groups is 1. The third-order valence-electron chi connectivity index (χ3n) is 5.63. The van der Waals surface area contributed by atoms with Crippen LogP contribution in [0.3, 0.4) is 0 Å². The molecule has 0 spiro atoms. The van der Waals surface area contributed by atoms with E-state index in [9.17, 15) is 13.2 Å². The molecule has 182 valence electrons. The number of rotatable bonds is 13. The first kappa shape index (κ1) is 25.8. The van der Waals surface area contributed by atoms with Crippen molar-refractivity contribution in [1.82, 2.24) is 9.79 Å². The Labute approximate surface area is 201 Å². The quantitative estimate of drug-likeness (QED) is 0.330. The molecule has 33 heavy (non-hydrogen) atoms. The maximum Gasteiger partial charge on any atom is 0.274 e. The lowest BCUT2D eigenvalue weighted by Crippen LogP contribution is -2.40. The van der Waals surface area contributed by atoms with E-state index >= 15 is 0 Å². The first-order valence-electron chi connectivity index (χ1n) is 11.7. The number of hydrogen-bond donors (Lipinski definition) is 1. The topological polar surface area (TPSA) is 84.9 Å². The summed E-state index contributed by atoms with van der Waals surface area (Å²) in [5.41, 5.74) is 2.93. The predicted octanol–water partition coefficient (Wildman–Crippen LogP) is 4.40. The number of unbranched alkanes of at least 4 members (excludes halogenated alkanes) is 3. The molecule has 9 heteroatoms. The van der Waals surface area contributed by atoms with Crippen LogP contribution < -0.4 is 5.48 Å². The lowest BCUT2D eigenvalue weighted by molar-refractivity contribution is 0.0193. The number of hydrogen-bond acceptors (Lipinski definition) is 6. The number of benzene rings is 1. The van der Waals surface area contributed by atoms with E-state index in [-0.39, 0.29) is 18.6 Å². The van der Waals surface area contributed by atoms with Crippen molar-refractivity contribution >= 4 is 27.3 Å². The van der Waals surface area contributed by atoms with Crippen molar-refractivity contribution in [3.8, 4) is 0 Å². The number of nitrogens with one attached hydrogen (secondary N) is 1. The van der Waals surface area contributed by atoms with Gasteiger partial charge in [-0.2, -0.15) is 4.31 Å². The highest BCUT2D eigenvalue weighted by molar-refractivity contribution is 7.91. The van der Waals surface area contributed by atoms with Crippen LogP contribution in [-0.2, 0) is 26.0 Å². The van der Waals surface area contributed by atoms with Crippen LogP contribution in [0.1, 0.15) is 60.7 Å². The second-order valence-corrected chi connectivity index (χ2v) is 11.5. The van der Waals surface area contributed by atoms with Crippen LogP contribution in [0.2, 0.25) is 0 Å². The fourth-order valence-electron chi connectivity index (χ4n) is 3.69. The van der Waals surface area contributed by atoms with Crippen LogP contribution in [-0.4, -0.2) is 51.0 Å². The zero-order valence-corrected chi connectivity index (χ0v) is 20.8. The van der Waals surface area contributed by atoms with Gasteiger partial charge in [0.15, 0.2) is 0 Å². The lowest BCUT2D eigenvalue weighted by atomic mass is 10.1. The molecule has 0 radical (unpaired) electrons. The molecule has 7 nitrogen and oxygen atoms in total. The number of piperidine rings is 1. The summed E-state index contributed by atoms with van der Waals surface area (Å²) in [5.74, 6) is -0.307. The van der Waals surface area contributed by atoms with Crippen LogP contribution in [0.5, 0.6) is 0 Å². The molecule has 1 fully saturated rings. The molecule has 1 aromatic carbocycles. The van der Waals surface area contributed by atoms with Gasteiger partial charge < -0.3 is 4.74 Å². The number of carbonyl (C=O) groups excluding carboxylic acids is 1. The highest BCUT2D eigenvalue weighted by atomic mass is 32.2. The molecule has 1 saturated heterocycles. The largest absolute Gasteiger partial charge is 0.378 e. The van der Waals surface area contributed by atoms with E-state index in [0.717, 1.165) is 30.7 Å². The van der Waals surface area contributed by atoms with Gasteiger partial charge in [-0.05, 0) is 43.5 Å². The zero-order chi connectivity index (χ0) is 23.5. The van der Waals surface area contributed by atoms with Gasteiger partial charge in [0.1, 0.15) is 4.21 Å². The molecule has 0 unspecified atom stereocenters. The minimum Gasteiger partial charge on any atom is -0.378 e. The van der Waals surface area contributed by atoms with Crippen molar-refractivity contribution in [2.45, 2.75) is 62.2 Å². The van der Waals surface area contributed by atoms with Crippen molar-refractivity contribution in [1.29, 1.82) is 0 Å². The first-order chi connectivity index (χ1) is 16.0. The van der Waals surface area contributed by atoms with E-state index in [2.05, 4.69) is 12.4 Å². The van der Waals surface area contributed by atoms with Gasteiger partial charge in [-0.3, -0.25) is 9.63 Å². The second-order valence-electron chi connectivity index (χ2n) is 8.15. The predicted molar refractivity (Wildman–Crippen MR) is 130 cm³/mol. The third-order valence-corrected chi connectivity index (χ3v) is 9.15. The summed E-state index contributed by atoms with van der Waals surface area (Å²) >= 11 is 1.26. The SMILES string of the molecule is CCCCCCOC1CCN(S(=O)(=O)c2ccc(CCONC(=O)c3ccccc3)s2)CC1. The fraction of sp³-hybridized carbons (Fsp3) is 0.542. The summed E-state index contributed by atoms with van der Waals surface area (Å²) in [6.07, 6.45) is 6.85. The van der Waals surface area contributed by atoms with Crippen molar-refractivity contribution in [2.75, 3.05) is 26.3 Å². The van der Waals surface area contributed by atoms with Crippen molar-refractivity contribution < 1.29 is 22.8 Å². The Morgan fingerprint density at radius 1 is 1.06 bits per heavy atom. The Balaban J connectivity index is 1.39. The smallest absolute Gasteiger partial charge is 0.274 e. The highest BCUT2D eigenvalue weighted by Gasteiger charge is 2.30.